The average Bonchev–Trinajstić information content (AvgIpc) is 2.22. The van der Waals surface area contributed by atoms with Crippen LogP contribution in [0.5, 0.6) is 0 Å². The minimum Gasteiger partial charge on any atom is -0.479 e. The van der Waals surface area contributed by atoms with Gasteiger partial charge < -0.3 is 10.0 Å². The number of hydroxylamine groups is 1. The molecule has 1 rings (SSSR count). The second kappa shape index (κ2) is 5.25. The van der Waals surface area contributed by atoms with Gasteiger partial charge in [0.05, 0.1) is 0 Å². The second-order valence-corrected chi connectivity index (χ2v) is 3.31. The minimum atomic E-state index is -1.26. The normalized spacial score (nSPS) is 19.8. The molecule has 0 aromatic carbocycles. The Kier molecular flexibility index (Phi) is 3.99. The molecule has 4 amide bonds. The first-order valence-electron chi connectivity index (χ1n) is 4.65. The van der Waals surface area contributed by atoms with E-state index in [0.717, 1.165) is 4.90 Å². The van der Waals surface area contributed by atoms with Crippen molar-refractivity contribution in [2.45, 2.75) is 13.0 Å². The number of carboxylic acids is 1. The van der Waals surface area contributed by atoms with Crippen LogP contribution in [-0.2, 0) is 19.2 Å². The van der Waals surface area contributed by atoms with E-state index in [-0.39, 0.29) is 6.54 Å². The van der Waals surface area contributed by atoms with Gasteiger partial charge in [0.1, 0.15) is 12.6 Å². The van der Waals surface area contributed by atoms with Crippen molar-refractivity contribution >= 4 is 23.8 Å². The van der Waals surface area contributed by atoms with Crippen LogP contribution >= 0.6 is 0 Å². The molecular weight excluding hydrogens is 234 g/mol. The van der Waals surface area contributed by atoms with Crippen molar-refractivity contribution in [3.05, 3.63) is 0 Å². The third-order valence-corrected chi connectivity index (χ3v) is 2.04. The predicted octanol–water partition coefficient (Wildman–Crippen LogP) is -1.94. The van der Waals surface area contributed by atoms with Crippen LogP contribution in [0, 0.1) is 0 Å². The van der Waals surface area contributed by atoms with E-state index in [2.05, 4.69) is 10.2 Å². The molecule has 1 aliphatic rings. The van der Waals surface area contributed by atoms with Crippen molar-refractivity contribution in [2.24, 2.45) is 0 Å². The van der Waals surface area contributed by atoms with Crippen LogP contribution in [0.15, 0.2) is 0 Å². The summed E-state index contributed by atoms with van der Waals surface area (Å²) >= 11 is 0. The van der Waals surface area contributed by atoms with E-state index in [1.807, 2.05) is 5.48 Å². The van der Waals surface area contributed by atoms with E-state index in [1.54, 1.807) is 0 Å². The number of aliphatic carboxylic acids is 1. The monoisotopic (exact) mass is 245 g/mol. The summed E-state index contributed by atoms with van der Waals surface area (Å²) in [5.41, 5.74) is 1.83. The van der Waals surface area contributed by atoms with E-state index >= 15 is 0 Å². The lowest BCUT2D eigenvalue weighted by Crippen LogP contribution is -2.60. The Morgan fingerprint density at radius 2 is 2.24 bits per heavy atom. The van der Waals surface area contributed by atoms with Gasteiger partial charge in [-0.1, -0.05) is 0 Å². The molecule has 0 spiro atoms. The number of nitrogens with one attached hydrogen (secondary N) is 2. The highest BCUT2D eigenvalue weighted by atomic mass is 16.7. The maximum absolute atomic E-state index is 11.4. The molecule has 0 aliphatic carbocycles. The maximum atomic E-state index is 11.4. The molecule has 1 unspecified atom stereocenters. The number of nitrogens with zero attached hydrogens (tertiary/aromatic N) is 1. The molecule has 0 aromatic heterocycles. The van der Waals surface area contributed by atoms with Crippen molar-refractivity contribution in [3.63, 3.8) is 0 Å². The van der Waals surface area contributed by atoms with Crippen LogP contribution in [-0.4, -0.2) is 53.0 Å². The summed E-state index contributed by atoms with van der Waals surface area (Å²) in [6, 6.07) is -1.68. The van der Waals surface area contributed by atoms with Gasteiger partial charge in [0.25, 0.3) is 0 Å². The maximum Gasteiger partial charge on any atom is 0.342 e. The average molecular weight is 245 g/mol. The molecule has 1 atom stereocenters. The molecule has 0 radical (unpaired) electrons. The minimum absolute atomic E-state index is 0.296. The lowest BCUT2D eigenvalue weighted by atomic mass is 10.2. The first kappa shape index (κ1) is 12.9. The summed E-state index contributed by atoms with van der Waals surface area (Å²) in [5, 5.41) is 10.3. The van der Waals surface area contributed by atoms with Gasteiger partial charge >= 0.3 is 12.0 Å². The summed E-state index contributed by atoms with van der Waals surface area (Å²) in [6.07, 6.45) is 0. The van der Waals surface area contributed by atoms with Crippen LogP contribution in [0.25, 0.3) is 0 Å². The number of hydrogen-bond acceptors (Lipinski definition) is 5. The molecule has 9 heteroatoms. The number of amides is 4. The first-order valence-corrected chi connectivity index (χ1v) is 4.65. The highest BCUT2D eigenvalue weighted by Crippen LogP contribution is 2.04. The van der Waals surface area contributed by atoms with Crippen LogP contribution in [0.1, 0.15) is 6.92 Å². The van der Waals surface area contributed by atoms with Gasteiger partial charge in [0.15, 0.2) is 6.61 Å². The number of carbonyl (C=O) groups is 4. The largest absolute Gasteiger partial charge is 0.479 e. The zero-order chi connectivity index (χ0) is 13.0. The van der Waals surface area contributed by atoms with Gasteiger partial charge in [-0.3, -0.25) is 19.7 Å². The Hall–Kier alpha value is -2.16. The fourth-order valence-corrected chi connectivity index (χ4v) is 1.18. The molecule has 17 heavy (non-hydrogen) atoms. The van der Waals surface area contributed by atoms with E-state index < -0.39 is 36.5 Å². The van der Waals surface area contributed by atoms with Crippen LogP contribution < -0.4 is 10.8 Å². The van der Waals surface area contributed by atoms with E-state index in [0.29, 0.717) is 0 Å². The van der Waals surface area contributed by atoms with E-state index in [4.69, 9.17) is 5.11 Å². The molecule has 0 bridgehead atoms. The van der Waals surface area contributed by atoms with Crippen LogP contribution in [0.4, 0.5) is 4.79 Å². The lowest BCUT2D eigenvalue weighted by molar-refractivity contribution is -0.145. The molecule has 1 aliphatic heterocycles. The topological polar surface area (TPSA) is 125 Å². The standard InChI is InChI=1S/C8H11N3O6/c1-4-7(15)9-5(12)2-11(4)8(16)10-17-3-6(13)14/h4H,2-3H2,1H3,(H,10,16)(H,13,14)(H,9,12,15). The van der Waals surface area contributed by atoms with Gasteiger partial charge in [-0.2, -0.15) is 0 Å². The highest BCUT2D eigenvalue weighted by molar-refractivity contribution is 6.03. The molecule has 0 saturated carbocycles. The Bertz CT molecular complexity index is 368. The van der Waals surface area contributed by atoms with Crippen molar-refractivity contribution in [3.8, 4) is 0 Å². The molecule has 1 fully saturated rings. The third kappa shape index (κ3) is 3.41. The zero-order valence-electron chi connectivity index (χ0n) is 8.93. The molecule has 1 saturated heterocycles. The smallest absolute Gasteiger partial charge is 0.342 e. The fraction of sp³-hybridized carbons (Fsp3) is 0.500. The van der Waals surface area contributed by atoms with Crippen molar-refractivity contribution < 1.29 is 29.1 Å². The van der Waals surface area contributed by atoms with E-state index in [1.165, 1.54) is 6.92 Å². The van der Waals surface area contributed by atoms with Gasteiger partial charge in [0, 0.05) is 0 Å². The Morgan fingerprint density at radius 3 is 2.82 bits per heavy atom. The van der Waals surface area contributed by atoms with Gasteiger partial charge in [-0.25, -0.2) is 15.1 Å². The summed E-state index contributed by atoms with van der Waals surface area (Å²) in [6.45, 7) is 0.418. The number of piperazine rings is 1. The Morgan fingerprint density at radius 1 is 1.59 bits per heavy atom. The summed E-state index contributed by atoms with van der Waals surface area (Å²) in [4.78, 5) is 49.1. The Balaban J connectivity index is 2.52. The van der Waals surface area contributed by atoms with Crippen molar-refractivity contribution in [2.75, 3.05) is 13.2 Å². The molecule has 1 heterocycles. The molecule has 9 nitrogen and oxygen atoms in total. The van der Waals surface area contributed by atoms with E-state index in [9.17, 15) is 19.2 Å². The number of urea groups is 1. The summed E-state index contributed by atoms with van der Waals surface area (Å²) in [5.74, 6) is -2.47. The summed E-state index contributed by atoms with van der Waals surface area (Å²) in [7, 11) is 0. The number of imide groups is 1. The predicted molar refractivity (Wildman–Crippen MR) is 51.4 cm³/mol. The number of hydrogen-bond donors (Lipinski definition) is 3. The lowest BCUT2D eigenvalue weighted by Gasteiger charge is -2.31. The van der Waals surface area contributed by atoms with Crippen molar-refractivity contribution in [1.82, 2.24) is 15.7 Å². The molecule has 3 N–H and O–H groups in total. The molecule has 0 aromatic rings. The highest BCUT2D eigenvalue weighted by Gasteiger charge is 2.33. The quantitative estimate of drug-likeness (QED) is 0.392. The first-order chi connectivity index (χ1) is 7.91. The van der Waals surface area contributed by atoms with Gasteiger partial charge in [-0.05, 0) is 6.92 Å². The second-order valence-electron chi connectivity index (χ2n) is 3.31. The third-order valence-electron chi connectivity index (χ3n) is 2.04. The number of carboxylic acid groups (broad SMARTS) is 1. The molecular formula is C8H11N3O6. The van der Waals surface area contributed by atoms with Crippen LogP contribution in [0.3, 0.4) is 0 Å². The van der Waals surface area contributed by atoms with Crippen molar-refractivity contribution in [1.29, 1.82) is 0 Å². The fourth-order valence-electron chi connectivity index (χ4n) is 1.18. The van der Waals surface area contributed by atoms with Crippen LogP contribution in [0.2, 0.25) is 0 Å². The number of rotatable bonds is 3. The SMILES string of the molecule is CC1C(=O)NC(=O)CN1C(=O)NOCC(=O)O. The summed E-state index contributed by atoms with van der Waals surface area (Å²) < 4.78 is 0. The van der Waals surface area contributed by atoms with Gasteiger partial charge in [-0.15, -0.1) is 0 Å². The Labute approximate surface area is 95.7 Å². The van der Waals surface area contributed by atoms with Gasteiger partial charge in [0.2, 0.25) is 11.8 Å². The molecule has 94 valence electrons. The zero-order valence-corrected chi connectivity index (χ0v) is 8.93. The number of carbonyl (C=O) groups excluding carboxylic acids is 3.